The molecule has 51 heavy (non-hydrogen) atoms. The van der Waals surface area contributed by atoms with E-state index in [4.69, 9.17) is 28.7 Å². The Kier molecular flexibility index (Phi) is 9.64. The van der Waals surface area contributed by atoms with Crippen molar-refractivity contribution in [2.45, 2.75) is 44.6 Å². The standard InChI is InChI=1S/C38H34F2N4O7/c1-47-11-12-50-33-16-27(37(45)46)15-32-36(33)43-34(44(32)19-29-9-10-49-29)17-24-7-8-25-14-28(24)20-48-22-38(39,40)30-13-23(18-41)5-6-26(30)21-51-35-4-2-3-31(25)42-35/h2-8,13-16,29H,9-12,17,19-22H2,1H3,(H,45,46)/t29-/m0/s1. The van der Waals surface area contributed by atoms with E-state index < -0.39 is 18.5 Å². The molecule has 7 rings (SSSR count). The number of fused-ring (bicyclic) bond motifs is 7. The van der Waals surface area contributed by atoms with Gasteiger partial charge < -0.3 is 33.4 Å². The van der Waals surface area contributed by atoms with Gasteiger partial charge in [0.05, 0.1) is 54.3 Å². The molecule has 5 aromatic rings. The molecule has 4 heterocycles. The predicted molar refractivity (Wildman–Crippen MR) is 180 cm³/mol. The second-order valence-corrected chi connectivity index (χ2v) is 12.4. The summed E-state index contributed by atoms with van der Waals surface area (Å²) in [6.07, 6.45) is 1.02. The van der Waals surface area contributed by atoms with Crippen LogP contribution in [0.4, 0.5) is 8.78 Å². The summed E-state index contributed by atoms with van der Waals surface area (Å²) in [6.45, 7) is 0.308. The summed E-state index contributed by atoms with van der Waals surface area (Å²) in [5.41, 5.74) is 3.85. The van der Waals surface area contributed by atoms with Gasteiger partial charge >= 0.3 is 5.97 Å². The van der Waals surface area contributed by atoms with Crippen molar-refractivity contribution in [1.82, 2.24) is 14.5 Å². The maximum absolute atomic E-state index is 15.8. The highest BCUT2D eigenvalue weighted by atomic mass is 19.3. The lowest BCUT2D eigenvalue weighted by molar-refractivity contribution is -0.0883. The number of imidazole rings is 1. The largest absolute Gasteiger partial charge is 0.489 e. The lowest BCUT2D eigenvalue weighted by Gasteiger charge is -2.27. The van der Waals surface area contributed by atoms with Gasteiger partial charge in [-0.3, -0.25) is 0 Å². The molecule has 2 aliphatic heterocycles. The Balaban J connectivity index is 1.30. The molecule has 11 nitrogen and oxygen atoms in total. The Morgan fingerprint density at radius 2 is 1.94 bits per heavy atom. The van der Waals surface area contributed by atoms with Gasteiger partial charge in [-0.05, 0) is 59.5 Å². The second-order valence-electron chi connectivity index (χ2n) is 12.4. The van der Waals surface area contributed by atoms with Crippen molar-refractivity contribution in [2.75, 3.05) is 33.5 Å². The molecule has 2 aromatic heterocycles. The monoisotopic (exact) mass is 696 g/mol. The van der Waals surface area contributed by atoms with Crippen LogP contribution < -0.4 is 9.47 Å². The fourth-order valence-electron chi connectivity index (χ4n) is 6.23. The smallest absolute Gasteiger partial charge is 0.335 e. The summed E-state index contributed by atoms with van der Waals surface area (Å²) in [7, 11) is 1.55. The zero-order chi connectivity index (χ0) is 35.5. The number of benzene rings is 3. The molecule has 0 spiro atoms. The minimum Gasteiger partial charge on any atom is -0.489 e. The number of aromatic nitrogens is 3. The fraction of sp³-hybridized carbons (Fsp3) is 0.316. The lowest BCUT2D eigenvalue weighted by Crippen LogP contribution is -2.31. The van der Waals surface area contributed by atoms with Gasteiger partial charge in [0.2, 0.25) is 5.88 Å². The zero-order valence-corrected chi connectivity index (χ0v) is 27.7. The summed E-state index contributed by atoms with van der Waals surface area (Å²) < 4.78 is 62.0. The maximum atomic E-state index is 15.8. The molecule has 13 heteroatoms. The van der Waals surface area contributed by atoms with E-state index in [0.717, 1.165) is 17.5 Å². The average molecular weight is 697 g/mol. The molecule has 1 N–H and O–H groups in total. The first kappa shape index (κ1) is 34.0. The van der Waals surface area contributed by atoms with Gasteiger partial charge in [-0.2, -0.15) is 14.0 Å². The van der Waals surface area contributed by atoms with Crippen LogP contribution in [0.15, 0.2) is 66.7 Å². The Hall–Kier alpha value is -5.42. The Labute approximate surface area is 291 Å². The van der Waals surface area contributed by atoms with Crippen molar-refractivity contribution in [3.05, 3.63) is 106 Å². The molecule has 0 aliphatic carbocycles. The van der Waals surface area contributed by atoms with Gasteiger partial charge in [-0.1, -0.05) is 24.3 Å². The first-order chi connectivity index (χ1) is 24.7. The van der Waals surface area contributed by atoms with Crippen molar-refractivity contribution in [3.8, 4) is 29.0 Å². The van der Waals surface area contributed by atoms with Crippen LogP contribution in [0.1, 0.15) is 50.4 Å². The normalized spacial score (nSPS) is 16.6. The van der Waals surface area contributed by atoms with Crippen LogP contribution in [0.5, 0.6) is 11.6 Å². The van der Waals surface area contributed by atoms with Gasteiger partial charge in [0, 0.05) is 37.3 Å². The summed E-state index contributed by atoms with van der Waals surface area (Å²) in [5, 5.41) is 19.3. The van der Waals surface area contributed by atoms with E-state index in [0.29, 0.717) is 53.6 Å². The van der Waals surface area contributed by atoms with Crippen molar-refractivity contribution in [1.29, 1.82) is 5.26 Å². The molecule has 1 atom stereocenters. The zero-order valence-electron chi connectivity index (χ0n) is 27.7. The van der Waals surface area contributed by atoms with Crippen LogP contribution in [-0.4, -0.2) is 65.3 Å². The first-order valence-corrected chi connectivity index (χ1v) is 16.4. The highest BCUT2D eigenvalue weighted by Gasteiger charge is 2.35. The number of aromatic carboxylic acids is 1. The molecule has 1 saturated heterocycles. The van der Waals surface area contributed by atoms with Crippen LogP contribution in [0.25, 0.3) is 22.3 Å². The summed E-state index contributed by atoms with van der Waals surface area (Å²) in [5.74, 6) is -3.35. The van der Waals surface area contributed by atoms with Crippen molar-refractivity contribution in [3.63, 3.8) is 0 Å². The number of nitriles is 1. The van der Waals surface area contributed by atoms with Crippen molar-refractivity contribution in [2.24, 2.45) is 0 Å². The third kappa shape index (κ3) is 7.25. The molecule has 262 valence electrons. The summed E-state index contributed by atoms with van der Waals surface area (Å²) in [6, 6.07) is 20.0. The van der Waals surface area contributed by atoms with E-state index in [2.05, 4.69) is 4.98 Å². The minimum absolute atomic E-state index is 0.0480. The number of rotatable bonds is 9. The number of pyridine rings is 1. The third-order valence-corrected chi connectivity index (χ3v) is 8.99. The molecule has 4 bridgehead atoms. The van der Waals surface area contributed by atoms with Gasteiger partial charge in [0.15, 0.2) is 0 Å². The predicted octanol–water partition coefficient (Wildman–Crippen LogP) is 6.27. The summed E-state index contributed by atoms with van der Waals surface area (Å²) in [4.78, 5) is 21.7. The topological polar surface area (TPSA) is 138 Å². The highest BCUT2D eigenvalue weighted by molar-refractivity contribution is 5.95. The molecule has 0 amide bonds. The third-order valence-electron chi connectivity index (χ3n) is 8.99. The Bertz CT molecular complexity index is 2140. The summed E-state index contributed by atoms with van der Waals surface area (Å²) >= 11 is 0. The van der Waals surface area contributed by atoms with E-state index in [1.165, 1.54) is 24.3 Å². The SMILES string of the molecule is COCCOc1cc(C(=O)O)cc2c1nc(Cc1ccc3cc1COCC(F)(F)c1cc(C#N)ccc1COc1cccc-3n1)n2C[C@@H]1CCO1. The maximum Gasteiger partial charge on any atom is 0.335 e. The first-order valence-electron chi connectivity index (χ1n) is 16.4. The number of carbonyl (C=O) groups is 1. The fourth-order valence-corrected chi connectivity index (χ4v) is 6.23. The van der Waals surface area contributed by atoms with Gasteiger partial charge in [-0.25, -0.2) is 14.8 Å². The van der Waals surface area contributed by atoms with Crippen LogP contribution in [0.2, 0.25) is 0 Å². The number of ether oxygens (including phenoxy) is 5. The number of hydrogen-bond donors (Lipinski definition) is 1. The highest BCUT2D eigenvalue weighted by Crippen LogP contribution is 2.35. The van der Waals surface area contributed by atoms with E-state index in [1.54, 1.807) is 25.3 Å². The number of nitrogens with zero attached hydrogens (tertiary/aromatic N) is 4. The van der Waals surface area contributed by atoms with Crippen molar-refractivity contribution < 1.29 is 42.4 Å². The van der Waals surface area contributed by atoms with Crippen LogP contribution in [-0.2, 0) is 46.3 Å². The lowest BCUT2D eigenvalue weighted by atomic mass is 9.98. The molecule has 0 unspecified atom stereocenters. The van der Waals surface area contributed by atoms with E-state index in [-0.39, 0.29) is 60.5 Å². The number of halogens is 2. The number of methoxy groups -OCH3 is 1. The number of hydrogen-bond acceptors (Lipinski definition) is 9. The molecule has 2 aliphatic rings. The minimum atomic E-state index is -3.43. The van der Waals surface area contributed by atoms with E-state index >= 15 is 8.78 Å². The quantitative estimate of drug-likeness (QED) is 0.176. The molecule has 0 saturated carbocycles. The molecule has 0 radical (unpaired) electrons. The van der Waals surface area contributed by atoms with Gasteiger partial charge in [0.25, 0.3) is 5.92 Å². The van der Waals surface area contributed by atoms with E-state index in [9.17, 15) is 15.2 Å². The van der Waals surface area contributed by atoms with Crippen LogP contribution >= 0.6 is 0 Å². The Morgan fingerprint density at radius 3 is 2.71 bits per heavy atom. The van der Waals surface area contributed by atoms with Crippen LogP contribution in [0, 0.1) is 11.3 Å². The molecule has 3 aromatic carbocycles. The number of alkyl halides is 2. The second kappa shape index (κ2) is 14.4. The van der Waals surface area contributed by atoms with Gasteiger partial charge in [-0.15, -0.1) is 0 Å². The Morgan fingerprint density at radius 1 is 1.08 bits per heavy atom. The van der Waals surface area contributed by atoms with E-state index in [1.807, 2.05) is 34.9 Å². The van der Waals surface area contributed by atoms with Crippen molar-refractivity contribution >= 4 is 17.0 Å². The van der Waals surface area contributed by atoms with Gasteiger partial charge in [0.1, 0.15) is 36.9 Å². The molecular formula is C38H34F2N4O7. The van der Waals surface area contributed by atoms with Crippen LogP contribution in [0.3, 0.4) is 0 Å². The molecule has 1 fully saturated rings. The number of carboxylic acid groups (broad SMARTS) is 1. The number of carboxylic acids is 1. The average Bonchev–Trinajstić information content (AvgIpc) is 3.45. The molecular weight excluding hydrogens is 662 g/mol.